The van der Waals surface area contributed by atoms with Gasteiger partial charge in [0.1, 0.15) is 11.5 Å². The number of esters is 1. The van der Waals surface area contributed by atoms with Crippen molar-refractivity contribution in [1.82, 2.24) is 0 Å². The number of hydrogen-bond donors (Lipinski definition) is 1. The standard InChI is InChI=1S/C25H23NO3/c1-14-11-21-20(13-19(14)24(2,3)4)25(18-10-9-15(26)12-22(18)28-21)17-8-6-5-7-16(17)23(27)29-25/h5-13H,26H2,1-4H3. The van der Waals surface area contributed by atoms with Gasteiger partial charge in [0, 0.05) is 28.4 Å². The lowest BCUT2D eigenvalue weighted by atomic mass is 9.74. The van der Waals surface area contributed by atoms with Crippen LogP contribution in [0.15, 0.2) is 54.6 Å². The van der Waals surface area contributed by atoms with Crippen LogP contribution in [0, 0.1) is 6.92 Å². The van der Waals surface area contributed by atoms with Crippen LogP contribution in [0.4, 0.5) is 5.69 Å². The summed E-state index contributed by atoms with van der Waals surface area (Å²) in [6, 6.07) is 17.3. The number of carbonyl (C=O) groups is 1. The van der Waals surface area contributed by atoms with E-state index in [-0.39, 0.29) is 11.4 Å². The SMILES string of the molecule is Cc1cc2c(cc1C(C)(C)C)C1(OC(=O)c3ccccc31)c1ccc(N)cc1O2. The number of nitrogen functional groups attached to an aromatic ring is 1. The highest BCUT2D eigenvalue weighted by atomic mass is 16.6. The van der Waals surface area contributed by atoms with Crippen LogP contribution in [0.5, 0.6) is 11.5 Å². The van der Waals surface area contributed by atoms with Gasteiger partial charge >= 0.3 is 5.97 Å². The molecule has 3 aromatic rings. The predicted octanol–water partition coefficient (Wildman–Crippen LogP) is 5.44. The molecule has 2 aliphatic rings. The maximum Gasteiger partial charge on any atom is 0.340 e. The molecule has 0 saturated heterocycles. The number of aryl methyl sites for hydroxylation is 1. The molecule has 29 heavy (non-hydrogen) atoms. The number of hydrogen-bond acceptors (Lipinski definition) is 4. The van der Waals surface area contributed by atoms with Crippen LogP contribution in [0.25, 0.3) is 0 Å². The van der Waals surface area contributed by atoms with Crippen LogP contribution in [0.1, 0.15) is 58.9 Å². The summed E-state index contributed by atoms with van der Waals surface area (Å²) >= 11 is 0. The Bertz CT molecular complexity index is 1190. The van der Waals surface area contributed by atoms with E-state index in [1.165, 1.54) is 5.56 Å². The molecule has 0 amide bonds. The van der Waals surface area contributed by atoms with Crippen LogP contribution >= 0.6 is 0 Å². The van der Waals surface area contributed by atoms with Crippen molar-refractivity contribution in [1.29, 1.82) is 0 Å². The molecule has 0 bridgehead atoms. The van der Waals surface area contributed by atoms with Gasteiger partial charge in [0.15, 0.2) is 5.60 Å². The zero-order valence-corrected chi connectivity index (χ0v) is 17.0. The lowest BCUT2D eigenvalue weighted by molar-refractivity contribution is 0.0224. The van der Waals surface area contributed by atoms with Crippen LogP contribution in [-0.2, 0) is 15.8 Å². The molecule has 146 valence electrons. The molecule has 2 N–H and O–H groups in total. The molecular weight excluding hydrogens is 362 g/mol. The lowest BCUT2D eigenvalue weighted by Crippen LogP contribution is -2.33. The monoisotopic (exact) mass is 385 g/mol. The summed E-state index contributed by atoms with van der Waals surface area (Å²) in [5.74, 6) is 0.983. The van der Waals surface area contributed by atoms with E-state index in [9.17, 15) is 4.79 Å². The minimum Gasteiger partial charge on any atom is -0.456 e. The Morgan fingerprint density at radius 3 is 2.38 bits per heavy atom. The Hall–Kier alpha value is -3.27. The second kappa shape index (κ2) is 5.63. The van der Waals surface area contributed by atoms with Crippen molar-refractivity contribution in [3.05, 3.63) is 88.0 Å². The fourth-order valence-electron chi connectivity index (χ4n) is 4.64. The Morgan fingerprint density at radius 1 is 0.897 bits per heavy atom. The number of rotatable bonds is 0. The molecule has 2 heterocycles. The van der Waals surface area contributed by atoms with E-state index in [4.69, 9.17) is 15.2 Å². The van der Waals surface area contributed by atoms with Crippen molar-refractivity contribution < 1.29 is 14.3 Å². The van der Waals surface area contributed by atoms with E-state index in [0.717, 1.165) is 22.3 Å². The fourth-order valence-corrected chi connectivity index (χ4v) is 4.64. The van der Waals surface area contributed by atoms with Gasteiger partial charge in [-0.15, -0.1) is 0 Å². The summed E-state index contributed by atoms with van der Waals surface area (Å²) in [5.41, 5.74) is 10.9. The van der Waals surface area contributed by atoms with Crippen LogP contribution in [0.2, 0.25) is 0 Å². The van der Waals surface area contributed by atoms with Crippen LogP contribution in [0.3, 0.4) is 0 Å². The van der Waals surface area contributed by atoms with E-state index in [1.54, 1.807) is 6.07 Å². The Labute approximate surface area is 170 Å². The van der Waals surface area contributed by atoms with Crippen molar-refractivity contribution in [2.45, 2.75) is 38.7 Å². The van der Waals surface area contributed by atoms with Crippen LogP contribution in [-0.4, -0.2) is 5.97 Å². The second-order valence-corrected chi connectivity index (χ2v) is 8.89. The van der Waals surface area contributed by atoms with E-state index in [0.29, 0.717) is 22.7 Å². The maximum absolute atomic E-state index is 12.9. The minimum absolute atomic E-state index is 0.0656. The average molecular weight is 385 g/mol. The molecule has 1 atom stereocenters. The topological polar surface area (TPSA) is 61.5 Å². The van der Waals surface area contributed by atoms with E-state index >= 15 is 0 Å². The van der Waals surface area contributed by atoms with Gasteiger partial charge in [-0.05, 0) is 53.8 Å². The van der Waals surface area contributed by atoms with Gasteiger partial charge < -0.3 is 15.2 Å². The molecule has 0 fully saturated rings. The summed E-state index contributed by atoms with van der Waals surface area (Å²) in [7, 11) is 0. The van der Waals surface area contributed by atoms with Crippen molar-refractivity contribution in [3.63, 3.8) is 0 Å². The number of nitrogens with two attached hydrogens (primary N) is 1. The average Bonchev–Trinajstić information content (AvgIpc) is 2.94. The fraction of sp³-hybridized carbons (Fsp3) is 0.240. The molecule has 0 aromatic heterocycles. The molecule has 0 saturated carbocycles. The van der Waals surface area contributed by atoms with Crippen LogP contribution < -0.4 is 10.5 Å². The van der Waals surface area contributed by atoms with Gasteiger partial charge in [-0.2, -0.15) is 0 Å². The second-order valence-electron chi connectivity index (χ2n) is 8.89. The Kier molecular flexibility index (Phi) is 3.46. The van der Waals surface area contributed by atoms with Gasteiger partial charge in [-0.3, -0.25) is 0 Å². The highest BCUT2D eigenvalue weighted by Crippen LogP contribution is 2.57. The third kappa shape index (κ3) is 2.35. The third-order valence-corrected chi connectivity index (χ3v) is 5.89. The first kappa shape index (κ1) is 17.8. The molecule has 2 aliphatic heterocycles. The smallest absolute Gasteiger partial charge is 0.340 e. The molecule has 3 aromatic carbocycles. The summed E-state index contributed by atoms with van der Waals surface area (Å²) in [6.45, 7) is 8.63. The summed E-state index contributed by atoms with van der Waals surface area (Å²) < 4.78 is 12.5. The molecule has 0 radical (unpaired) electrons. The van der Waals surface area contributed by atoms with E-state index in [1.807, 2.05) is 42.5 Å². The third-order valence-electron chi connectivity index (χ3n) is 5.89. The summed E-state index contributed by atoms with van der Waals surface area (Å²) in [5, 5.41) is 0. The number of fused-ring (bicyclic) bond motifs is 6. The largest absolute Gasteiger partial charge is 0.456 e. The van der Waals surface area contributed by atoms with Crippen molar-refractivity contribution in [3.8, 4) is 11.5 Å². The molecule has 1 spiro atoms. The summed E-state index contributed by atoms with van der Waals surface area (Å²) in [4.78, 5) is 12.9. The molecule has 0 aliphatic carbocycles. The molecule has 5 rings (SSSR count). The molecule has 4 nitrogen and oxygen atoms in total. The lowest BCUT2D eigenvalue weighted by Gasteiger charge is -2.38. The molecular formula is C25H23NO3. The van der Waals surface area contributed by atoms with Gasteiger partial charge in [-0.1, -0.05) is 39.0 Å². The Morgan fingerprint density at radius 2 is 1.62 bits per heavy atom. The quantitative estimate of drug-likeness (QED) is 0.413. The predicted molar refractivity (Wildman–Crippen MR) is 113 cm³/mol. The van der Waals surface area contributed by atoms with Gasteiger partial charge in [0.2, 0.25) is 0 Å². The number of carbonyl (C=O) groups excluding carboxylic acids is 1. The molecule has 1 unspecified atom stereocenters. The first-order valence-electron chi connectivity index (χ1n) is 9.78. The molecule has 4 heteroatoms. The van der Waals surface area contributed by atoms with Crippen molar-refractivity contribution in [2.75, 3.05) is 5.73 Å². The first-order chi connectivity index (χ1) is 13.7. The Balaban J connectivity index is 1.90. The summed E-state index contributed by atoms with van der Waals surface area (Å²) in [6.07, 6.45) is 0. The maximum atomic E-state index is 12.9. The zero-order valence-electron chi connectivity index (χ0n) is 17.0. The number of ether oxygens (including phenoxy) is 2. The van der Waals surface area contributed by atoms with Crippen molar-refractivity contribution >= 4 is 11.7 Å². The minimum atomic E-state index is -1.04. The van der Waals surface area contributed by atoms with E-state index < -0.39 is 5.60 Å². The van der Waals surface area contributed by atoms with E-state index in [2.05, 4.69) is 33.8 Å². The van der Waals surface area contributed by atoms with Crippen molar-refractivity contribution in [2.24, 2.45) is 0 Å². The highest BCUT2D eigenvalue weighted by Gasteiger charge is 2.53. The first-order valence-corrected chi connectivity index (χ1v) is 9.78. The zero-order chi connectivity index (χ0) is 20.6. The number of anilines is 1. The normalized spacial score (nSPS) is 19.2. The van der Waals surface area contributed by atoms with Gasteiger partial charge in [-0.25, -0.2) is 4.79 Å². The van der Waals surface area contributed by atoms with Gasteiger partial charge in [0.05, 0.1) is 5.56 Å². The number of benzene rings is 3. The van der Waals surface area contributed by atoms with Gasteiger partial charge in [0.25, 0.3) is 0 Å². The highest BCUT2D eigenvalue weighted by molar-refractivity contribution is 5.97.